The summed E-state index contributed by atoms with van der Waals surface area (Å²) in [5, 5.41) is 11.5. The summed E-state index contributed by atoms with van der Waals surface area (Å²) in [6.45, 7) is 0. The second-order valence-corrected chi connectivity index (χ2v) is 6.47. The number of nitrogens with one attached hydrogen (secondary N) is 1. The van der Waals surface area contributed by atoms with Gasteiger partial charge >= 0.3 is 5.97 Å². The molecule has 0 aliphatic carbocycles. The van der Waals surface area contributed by atoms with Crippen molar-refractivity contribution in [3.63, 3.8) is 0 Å². The Hall–Kier alpha value is -2.47. The van der Waals surface area contributed by atoms with Crippen molar-refractivity contribution in [1.29, 1.82) is 0 Å². The number of carboxylic acids is 1. The number of hydrogen-bond donors (Lipinski definition) is 2. The van der Waals surface area contributed by atoms with Gasteiger partial charge < -0.3 is 15.2 Å². The average Bonchev–Trinajstić information content (AvgIpc) is 2.60. The van der Waals surface area contributed by atoms with Crippen LogP contribution in [0.15, 0.2) is 48.5 Å². The molecule has 2 aromatic carbocycles. The van der Waals surface area contributed by atoms with Crippen LogP contribution < -0.4 is 10.1 Å². The first-order valence-corrected chi connectivity index (χ1v) is 9.03. The molecule has 0 bridgehead atoms. The zero-order chi connectivity index (χ0) is 18.1. The highest BCUT2D eigenvalue weighted by Gasteiger charge is 2.05. The molecule has 0 fully saturated rings. The monoisotopic (exact) mass is 359 g/mol. The molecule has 25 heavy (non-hydrogen) atoms. The third-order valence-corrected chi connectivity index (χ3v) is 4.49. The smallest absolute Gasteiger partial charge is 0.313 e. The van der Waals surface area contributed by atoms with Crippen LogP contribution in [0.5, 0.6) is 5.75 Å². The first-order chi connectivity index (χ1) is 12.1. The summed E-state index contributed by atoms with van der Waals surface area (Å²) in [5.74, 6) is 0.588. The van der Waals surface area contributed by atoms with Crippen molar-refractivity contribution in [2.45, 2.75) is 18.6 Å². The highest BCUT2D eigenvalue weighted by atomic mass is 32.2. The van der Waals surface area contributed by atoms with Gasteiger partial charge in [0.1, 0.15) is 5.75 Å². The minimum absolute atomic E-state index is 0.0499. The van der Waals surface area contributed by atoms with Gasteiger partial charge in [0.2, 0.25) is 5.91 Å². The maximum absolute atomic E-state index is 12.1. The Morgan fingerprint density at radius 1 is 1.12 bits per heavy atom. The summed E-state index contributed by atoms with van der Waals surface area (Å²) >= 11 is 1.33. The lowest BCUT2D eigenvalue weighted by molar-refractivity contribution is -0.133. The predicted molar refractivity (Wildman–Crippen MR) is 100 cm³/mol. The number of methoxy groups -OCH3 is 1. The average molecular weight is 359 g/mol. The molecular weight excluding hydrogens is 338 g/mol. The highest BCUT2D eigenvalue weighted by molar-refractivity contribution is 7.99. The van der Waals surface area contributed by atoms with E-state index in [1.54, 1.807) is 7.11 Å². The van der Waals surface area contributed by atoms with Crippen LogP contribution in [0.2, 0.25) is 0 Å². The third kappa shape index (κ3) is 6.89. The first-order valence-electron chi connectivity index (χ1n) is 7.88. The lowest BCUT2D eigenvalue weighted by Gasteiger charge is -2.08. The largest absolute Gasteiger partial charge is 0.497 e. The Labute approximate surface area is 151 Å². The molecule has 1 amide bonds. The van der Waals surface area contributed by atoms with Crippen LogP contribution >= 0.6 is 11.8 Å². The van der Waals surface area contributed by atoms with Crippen LogP contribution in [0.1, 0.15) is 17.5 Å². The lowest BCUT2D eigenvalue weighted by atomic mass is 10.1. The molecule has 2 rings (SSSR count). The van der Waals surface area contributed by atoms with Gasteiger partial charge in [-0.1, -0.05) is 24.3 Å². The Morgan fingerprint density at radius 3 is 2.56 bits per heavy atom. The van der Waals surface area contributed by atoms with E-state index < -0.39 is 5.97 Å². The van der Waals surface area contributed by atoms with Crippen molar-refractivity contribution >= 4 is 29.3 Å². The van der Waals surface area contributed by atoms with E-state index in [9.17, 15) is 9.59 Å². The van der Waals surface area contributed by atoms with E-state index in [4.69, 9.17) is 9.84 Å². The predicted octanol–water partition coefficient (Wildman–Crippen LogP) is 3.58. The molecule has 0 saturated heterocycles. The highest BCUT2D eigenvalue weighted by Crippen LogP contribution is 2.17. The number of carbonyl (C=O) groups is 2. The molecule has 0 radical (unpaired) electrons. The molecule has 0 aliphatic rings. The molecule has 0 unspecified atom stereocenters. The third-order valence-electron chi connectivity index (χ3n) is 3.50. The van der Waals surface area contributed by atoms with Gasteiger partial charge in [-0.05, 0) is 41.8 Å². The number of rotatable bonds is 9. The van der Waals surface area contributed by atoms with Gasteiger partial charge in [0, 0.05) is 17.9 Å². The topological polar surface area (TPSA) is 75.6 Å². The van der Waals surface area contributed by atoms with E-state index in [0.717, 1.165) is 22.6 Å². The quantitative estimate of drug-likeness (QED) is 0.716. The number of carbonyl (C=O) groups excluding carboxylic acids is 1. The van der Waals surface area contributed by atoms with Gasteiger partial charge in [-0.15, -0.1) is 11.8 Å². The molecule has 0 saturated carbocycles. The molecule has 2 aromatic rings. The van der Waals surface area contributed by atoms with Crippen LogP contribution in [-0.2, 0) is 21.8 Å². The molecule has 5 nitrogen and oxygen atoms in total. The van der Waals surface area contributed by atoms with Crippen molar-refractivity contribution in [2.75, 3.05) is 18.2 Å². The van der Waals surface area contributed by atoms with E-state index >= 15 is 0 Å². The SMILES string of the molecule is COc1ccc(CCC(=O)Nc2cccc(CSCC(=O)O)c2)cc1. The number of thioether (sulfide) groups is 1. The summed E-state index contributed by atoms with van der Waals surface area (Å²) < 4.78 is 5.11. The Bertz CT molecular complexity index is 716. The lowest BCUT2D eigenvalue weighted by Crippen LogP contribution is -2.12. The number of carboxylic acid groups (broad SMARTS) is 1. The molecule has 132 valence electrons. The number of aryl methyl sites for hydroxylation is 1. The van der Waals surface area contributed by atoms with Crippen LogP contribution in [0.3, 0.4) is 0 Å². The van der Waals surface area contributed by atoms with Gasteiger partial charge in [0.15, 0.2) is 0 Å². The zero-order valence-corrected chi connectivity index (χ0v) is 14.8. The van der Waals surface area contributed by atoms with Crippen molar-refractivity contribution in [3.8, 4) is 5.75 Å². The van der Waals surface area contributed by atoms with Crippen molar-refractivity contribution in [2.24, 2.45) is 0 Å². The molecule has 0 aliphatic heterocycles. The van der Waals surface area contributed by atoms with Gasteiger partial charge in [0.05, 0.1) is 12.9 Å². The fourth-order valence-corrected chi connectivity index (χ4v) is 2.96. The minimum atomic E-state index is -0.826. The van der Waals surface area contributed by atoms with Crippen LogP contribution in [0.25, 0.3) is 0 Å². The van der Waals surface area contributed by atoms with E-state index in [0.29, 0.717) is 18.6 Å². The van der Waals surface area contributed by atoms with E-state index in [2.05, 4.69) is 5.32 Å². The number of hydrogen-bond acceptors (Lipinski definition) is 4. The van der Waals surface area contributed by atoms with Gasteiger partial charge in [-0.2, -0.15) is 0 Å². The van der Waals surface area contributed by atoms with E-state index in [1.165, 1.54) is 11.8 Å². The molecule has 2 N–H and O–H groups in total. The van der Waals surface area contributed by atoms with Crippen molar-refractivity contribution in [1.82, 2.24) is 0 Å². The number of benzene rings is 2. The molecule has 0 atom stereocenters. The minimum Gasteiger partial charge on any atom is -0.497 e. The standard InChI is InChI=1S/C19H21NO4S/c1-24-17-8-5-14(6-9-17)7-10-18(21)20-16-4-2-3-15(11-16)12-25-13-19(22)23/h2-6,8-9,11H,7,10,12-13H2,1H3,(H,20,21)(H,22,23). The summed E-state index contributed by atoms with van der Waals surface area (Å²) in [7, 11) is 1.62. The number of amides is 1. The Balaban J connectivity index is 1.82. The summed E-state index contributed by atoms with van der Waals surface area (Å²) in [6, 6.07) is 15.1. The van der Waals surface area contributed by atoms with Crippen LogP contribution in [-0.4, -0.2) is 29.8 Å². The van der Waals surface area contributed by atoms with Gasteiger partial charge in [-0.25, -0.2) is 0 Å². The summed E-state index contributed by atoms with van der Waals surface area (Å²) in [4.78, 5) is 22.6. The first kappa shape index (κ1) is 18.9. The Kier molecular flexibility index (Phi) is 7.35. The van der Waals surface area contributed by atoms with Crippen molar-refractivity contribution in [3.05, 3.63) is 59.7 Å². The maximum Gasteiger partial charge on any atom is 0.313 e. The van der Waals surface area contributed by atoms with Gasteiger partial charge in [-0.3, -0.25) is 9.59 Å². The molecule has 6 heteroatoms. The number of ether oxygens (including phenoxy) is 1. The van der Waals surface area contributed by atoms with Crippen LogP contribution in [0.4, 0.5) is 5.69 Å². The summed E-state index contributed by atoms with van der Waals surface area (Å²) in [6.07, 6.45) is 1.05. The fourth-order valence-electron chi connectivity index (χ4n) is 2.27. The second-order valence-electron chi connectivity index (χ2n) is 5.48. The fraction of sp³-hybridized carbons (Fsp3) is 0.263. The van der Waals surface area contributed by atoms with E-state index in [1.807, 2.05) is 48.5 Å². The van der Waals surface area contributed by atoms with Crippen molar-refractivity contribution < 1.29 is 19.4 Å². The normalized spacial score (nSPS) is 10.3. The second kappa shape index (κ2) is 9.74. The molecule has 0 spiro atoms. The zero-order valence-electron chi connectivity index (χ0n) is 14.0. The molecule has 0 aromatic heterocycles. The number of aliphatic carboxylic acids is 1. The van der Waals surface area contributed by atoms with E-state index in [-0.39, 0.29) is 11.7 Å². The maximum atomic E-state index is 12.1. The molecular formula is C19H21NO4S. The molecule has 0 heterocycles. The summed E-state index contributed by atoms with van der Waals surface area (Å²) in [5.41, 5.74) is 2.79. The van der Waals surface area contributed by atoms with Crippen LogP contribution in [0, 0.1) is 0 Å². The Morgan fingerprint density at radius 2 is 1.88 bits per heavy atom. The van der Waals surface area contributed by atoms with Gasteiger partial charge in [0.25, 0.3) is 0 Å². The number of anilines is 1.